The fourth-order valence-corrected chi connectivity index (χ4v) is 3.14. The third-order valence-corrected chi connectivity index (χ3v) is 4.33. The highest BCUT2D eigenvalue weighted by Crippen LogP contribution is 2.28. The topological polar surface area (TPSA) is 59.3 Å². The maximum Gasteiger partial charge on any atom is 0.340 e. The van der Waals surface area contributed by atoms with Gasteiger partial charge in [0.25, 0.3) is 0 Å². The first-order valence-corrected chi connectivity index (χ1v) is 8.34. The van der Waals surface area contributed by atoms with Crippen molar-refractivity contribution in [1.29, 1.82) is 0 Å². The second kappa shape index (κ2) is 8.43. The van der Waals surface area contributed by atoms with Crippen LogP contribution in [0, 0.1) is 6.92 Å². The summed E-state index contributed by atoms with van der Waals surface area (Å²) in [4.78, 5) is 24.7. The lowest BCUT2D eigenvalue weighted by Crippen LogP contribution is -2.32. The van der Waals surface area contributed by atoms with Crippen molar-refractivity contribution in [2.45, 2.75) is 32.7 Å². The minimum atomic E-state index is -0.426. The van der Waals surface area contributed by atoms with E-state index < -0.39 is 5.97 Å². The van der Waals surface area contributed by atoms with E-state index in [0.717, 1.165) is 24.3 Å². The van der Waals surface area contributed by atoms with Crippen LogP contribution in [0.15, 0.2) is 36.7 Å². The van der Waals surface area contributed by atoms with Crippen molar-refractivity contribution in [3.63, 3.8) is 0 Å². The van der Waals surface area contributed by atoms with E-state index in [9.17, 15) is 9.59 Å². The number of ether oxygens (including phenoxy) is 1. The summed E-state index contributed by atoms with van der Waals surface area (Å²) in [6, 6.07) is 7.68. The van der Waals surface area contributed by atoms with Crippen molar-refractivity contribution >= 4 is 28.2 Å². The number of anilines is 1. The fourth-order valence-electron chi connectivity index (χ4n) is 2.22. The Labute approximate surface area is 139 Å². The van der Waals surface area contributed by atoms with E-state index in [0.29, 0.717) is 17.0 Å². The minimum absolute atomic E-state index is 0.0740. The van der Waals surface area contributed by atoms with Gasteiger partial charge in [0, 0.05) is 29.9 Å². The zero-order valence-corrected chi connectivity index (χ0v) is 14.2. The monoisotopic (exact) mass is 333 g/mol. The van der Waals surface area contributed by atoms with Crippen LogP contribution >= 0.6 is 11.3 Å². The second-order valence-corrected chi connectivity index (χ2v) is 6.47. The number of nitrogens with one attached hydrogen (secondary N) is 1. The van der Waals surface area contributed by atoms with Crippen LogP contribution in [0.25, 0.3) is 0 Å². The van der Waals surface area contributed by atoms with Gasteiger partial charge in [-0.2, -0.15) is 0 Å². The molecule has 0 aliphatic rings. The predicted octanol–water partition coefficient (Wildman–Crippen LogP) is 2.94. The third-order valence-electron chi connectivity index (χ3n) is 3.36. The summed E-state index contributed by atoms with van der Waals surface area (Å²) in [5.41, 5.74) is 0.420. The average Bonchev–Trinajstić information content (AvgIpc) is 2.92. The van der Waals surface area contributed by atoms with E-state index in [2.05, 4.69) is 9.88 Å². The van der Waals surface area contributed by atoms with Crippen molar-refractivity contribution in [2.75, 3.05) is 12.4 Å². The number of carbonyl (C=O) groups is 2. The quantitative estimate of drug-likeness (QED) is 0.481. The maximum atomic E-state index is 12.0. The Bertz CT molecular complexity index is 668. The van der Waals surface area contributed by atoms with Gasteiger partial charge >= 0.3 is 5.97 Å². The van der Waals surface area contributed by atoms with E-state index in [-0.39, 0.29) is 5.91 Å². The summed E-state index contributed by atoms with van der Waals surface area (Å²) in [7, 11) is 1.34. The maximum absolute atomic E-state index is 12.0. The van der Waals surface area contributed by atoms with E-state index in [4.69, 9.17) is 4.74 Å². The van der Waals surface area contributed by atoms with Crippen LogP contribution < -0.4 is 9.88 Å². The lowest BCUT2D eigenvalue weighted by Gasteiger charge is -2.05. The van der Waals surface area contributed by atoms with Crippen LogP contribution in [-0.4, -0.2) is 19.0 Å². The first kappa shape index (κ1) is 17.1. The Morgan fingerprint density at radius 3 is 2.65 bits per heavy atom. The van der Waals surface area contributed by atoms with Gasteiger partial charge in [-0.15, -0.1) is 11.3 Å². The number of methoxy groups -OCH3 is 1. The molecule has 0 radical (unpaired) electrons. The smallest absolute Gasteiger partial charge is 0.340 e. The molecule has 0 aliphatic carbocycles. The van der Waals surface area contributed by atoms with Gasteiger partial charge in [0.1, 0.15) is 11.5 Å². The molecular formula is C17H21N2O3S+. The van der Waals surface area contributed by atoms with Crippen molar-refractivity contribution in [1.82, 2.24) is 0 Å². The van der Waals surface area contributed by atoms with Gasteiger partial charge in [0.05, 0.1) is 12.7 Å². The molecule has 5 nitrogen and oxygen atoms in total. The molecule has 0 saturated heterocycles. The van der Waals surface area contributed by atoms with Gasteiger partial charge in [-0.1, -0.05) is 6.07 Å². The highest BCUT2D eigenvalue weighted by atomic mass is 32.1. The summed E-state index contributed by atoms with van der Waals surface area (Å²) in [5, 5.41) is 3.38. The van der Waals surface area contributed by atoms with Crippen LogP contribution in [-0.2, 0) is 16.1 Å². The molecule has 1 amide bonds. The molecule has 122 valence electrons. The number of rotatable bonds is 7. The summed E-state index contributed by atoms with van der Waals surface area (Å²) in [6.45, 7) is 2.78. The number of thiophene rings is 1. The van der Waals surface area contributed by atoms with Gasteiger partial charge in [-0.05, 0) is 19.4 Å². The van der Waals surface area contributed by atoms with Gasteiger partial charge < -0.3 is 10.1 Å². The SMILES string of the molecule is COC(=O)c1cc(C)sc1NC(=O)CCCC[n+]1ccccc1. The fraction of sp³-hybridized carbons (Fsp3) is 0.353. The number of amides is 1. The van der Waals surface area contributed by atoms with Crippen LogP contribution in [0.5, 0.6) is 0 Å². The molecule has 23 heavy (non-hydrogen) atoms. The zero-order valence-electron chi connectivity index (χ0n) is 13.4. The number of nitrogens with zero attached hydrogens (tertiary/aromatic N) is 1. The van der Waals surface area contributed by atoms with Crippen LogP contribution in [0.2, 0.25) is 0 Å². The second-order valence-electron chi connectivity index (χ2n) is 5.21. The molecule has 0 spiro atoms. The normalized spacial score (nSPS) is 10.3. The van der Waals surface area contributed by atoms with E-state index in [1.807, 2.05) is 37.5 Å². The predicted molar refractivity (Wildman–Crippen MR) is 89.5 cm³/mol. The standard InChI is InChI=1S/C17H20N2O3S/c1-13-12-14(17(21)22-2)16(23-13)18-15(20)8-4-7-11-19-9-5-3-6-10-19/h3,5-6,9-10,12H,4,7-8,11H2,1-2H3/p+1. The minimum Gasteiger partial charge on any atom is -0.465 e. The third kappa shape index (κ3) is 5.17. The number of carbonyl (C=O) groups excluding carboxylic acids is 2. The van der Waals surface area contributed by atoms with Gasteiger partial charge in [0.2, 0.25) is 5.91 Å². The van der Waals surface area contributed by atoms with Crippen molar-refractivity contribution in [3.8, 4) is 0 Å². The molecule has 2 aromatic heterocycles. The lowest BCUT2D eigenvalue weighted by molar-refractivity contribution is -0.697. The summed E-state index contributed by atoms with van der Waals surface area (Å²) < 4.78 is 6.83. The number of hydrogen-bond acceptors (Lipinski definition) is 4. The number of esters is 1. The Kier molecular flexibility index (Phi) is 6.29. The molecule has 1 N–H and O–H groups in total. The highest BCUT2D eigenvalue weighted by Gasteiger charge is 2.17. The van der Waals surface area contributed by atoms with Crippen LogP contribution in [0.1, 0.15) is 34.5 Å². The van der Waals surface area contributed by atoms with Gasteiger partial charge in [-0.25, -0.2) is 9.36 Å². The molecule has 2 rings (SSSR count). The molecule has 0 saturated carbocycles. The molecule has 2 heterocycles. The summed E-state index contributed by atoms with van der Waals surface area (Å²) in [5.74, 6) is -0.500. The molecular weight excluding hydrogens is 312 g/mol. The van der Waals surface area contributed by atoms with E-state index in [1.54, 1.807) is 6.07 Å². The average molecular weight is 333 g/mol. The van der Waals surface area contributed by atoms with E-state index >= 15 is 0 Å². The van der Waals surface area contributed by atoms with Crippen molar-refractivity contribution < 1.29 is 18.9 Å². The van der Waals surface area contributed by atoms with Crippen molar-refractivity contribution in [2.24, 2.45) is 0 Å². The number of unbranched alkanes of at least 4 members (excludes halogenated alkanes) is 1. The molecule has 0 aromatic carbocycles. The van der Waals surface area contributed by atoms with E-state index in [1.165, 1.54) is 18.4 Å². The molecule has 0 bridgehead atoms. The lowest BCUT2D eigenvalue weighted by atomic mass is 10.2. The number of aryl methyl sites for hydroxylation is 2. The molecule has 0 unspecified atom stereocenters. The highest BCUT2D eigenvalue weighted by molar-refractivity contribution is 7.16. The Hall–Kier alpha value is -2.21. The first-order chi connectivity index (χ1) is 11.1. The Morgan fingerprint density at radius 2 is 1.96 bits per heavy atom. The molecule has 0 atom stereocenters. The summed E-state index contributed by atoms with van der Waals surface area (Å²) >= 11 is 1.39. The molecule has 6 heteroatoms. The van der Waals surface area contributed by atoms with Crippen LogP contribution in [0.4, 0.5) is 5.00 Å². The number of aromatic nitrogens is 1. The molecule has 2 aromatic rings. The Morgan fingerprint density at radius 1 is 1.22 bits per heavy atom. The Balaban J connectivity index is 1.80. The number of pyridine rings is 1. The van der Waals surface area contributed by atoms with Gasteiger partial charge in [-0.3, -0.25) is 4.79 Å². The van der Waals surface area contributed by atoms with Crippen molar-refractivity contribution in [3.05, 3.63) is 47.1 Å². The van der Waals surface area contributed by atoms with Crippen LogP contribution in [0.3, 0.4) is 0 Å². The zero-order chi connectivity index (χ0) is 16.7. The van der Waals surface area contributed by atoms with Gasteiger partial charge in [0.15, 0.2) is 12.4 Å². The molecule has 0 aliphatic heterocycles. The summed E-state index contributed by atoms with van der Waals surface area (Å²) in [6.07, 6.45) is 6.18. The largest absolute Gasteiger partial charge is 0.465 e. The first-order valence-electron chi connectivity index (χ1n) is 7.53. The number of hydrogen-bond donors (Lipinski definition) is 1. The molecule has 0 fully saturated rings.